The van der Waals surface area contributed by atoms with E-state index < -0.39 is 12.1 Å². The van der Waals surface area contributed by atoms with Gasteiger partial charge in [-0.15, -0.1) is 0 Å². The molecule has 0 amide bonds. The van der Waals surface area contributed by atoms with Crippen LogP contribution in [-0.2, 0) is 4.79 Å². The summed E-state index contributed by atoms with van der Waals surface area (Å²) in [5.41, 5.74) is 1.64. The fourth-order valence-corrected chi connectivity index (χ4v) is 1.16. The molecule has 0 fully saturated rings. The standard InChI is InChI=1S/C9H7NO.C2HF3O2/c11-6-8-5-7-3-1-2-4-9(7)10-8;3-2(4,5)1(6)7/h1-6,10H;(H,6,7). The Hall–Kier alpha value is -2.31. The number of carbonyl (C=O) groups excluding carboxylic acids is 1. The van der Waals surface area contributed by atoms with Crippen molar-refractivity contribution in [3.05, 3.63) is 36.0 Å². The van der Waals surface area contributed by atoms with Gasteiger partial charge in [-0.2, -0.15) is 13.2 Å². The van der Waals surface area contributed by atoms with Crippen LogP contribution in [-0.4, -0.2) is 28.5 Å². The Bertz CT molecular complexity index is 527. The lowest BCUT2D eigenvalue weighted by Gasteiger charge is -1.93. The van der Waals surface area contributed by atoms with Gasteiger partial charge in [-0.05, 0) is 12.1 Å². The van der Waals surface area contributed by atoms with Crippen LogP contribution in [0.1, 0.15) is 10.5 Å². The number of hydrogen-bond donors (Lipinski definition) is 2. The van der Waals surface area contributed by atoms with Crippen LogP contribution in [0.25, 0.3) is 10.9 Å². The number of fused-ring (bicyclic) bond motifs is 1. The molecule has 0 unspecified atom stereocenters. The number of carboxylic acid groups (broad SMARTS) is 1. The second kappa shape index (κ2) is 5.35. The maximum absolute atomic E-state index is 10.6. The molecule has 0 atom stereocenters. The van der Waals surface area contributed by atoms with Gasteiger partial charge in [-0.3, -0.25) is 4.79 Å². The van der Waals surface area contributed by atoms with Crippen molar-refractivity contribution in [2.45, 2.75) is 6.18 Å². The van der Waals surface area contributed by atoms with E-state index in [-0.39, 0.29) is 0 Å². The molecule has 4 nitrogen and oxygen atoms in total. The van der Waals surface area contributed by atoms with E-state index in [1.165, 1.54) is 0 Å². The van der Waals surface area contributed by atoms with Gasteiger partial charge in [-0.1, -0.05) is 18.2 Å². The molecule has 0 saturated carbocycles. The molecule has 2 aromatic rings. The largest absolute Gasteiger partial charge is 0.490 e. The average molecular weight is 259 g/mol. The van der Waals surface area contributed by atoms with Crippen molar-refractivity contribution >= 4 is 23.2 Å². The first-order valence-corrected chi connectivity index (χ1v) is 4.67. The number of aromatic nitrogens is 1. The number of hydrogen-bond acceptors (Lipinski definition) is 2. The minimum Gasteiger partial charge on any atom is -0.475 e. The zero-order chi connectivity index (χ0) is 13.8. The first-order valence-electron chi connectivity index (χ1n) is 4.67. The fourth-order valence-electron chi connectivity index (χ4n) is 1.16. The predicted molar refractivity (Wildman–Crippen MR) is 57.4 cm³/mol. The summed E-state index contributed by atoms with van der Waals surface area (Å²) in [5, 5.41) is 8.20. The molecule has 1 heterocycles. The lowest BCUT2D eigenvalue weighted by atomic mass is 10.2. The number of aromatic amines is 1. The highest BCUT2D eigenvalue weighted by Gasteiger charge is 2.38. The molecule has 0 aliphatic heterocycles. The molecule has 96 valence electrons. The van der Waals surface area contributed by atoms with Crippen LogP contribution in [0.4, 0.5) is 13.2 Å². The Morgan fingerprint density at radius 1 is 1.28 bits per heavy atom. The Kier molecular flexibility index (Phi) is 4.09. The fraction of sp³-hybridized carbons (Fsp3) is 0.0909. The lowest BCUT2D eigenvalue weighted by Crippen LogP contribution is -2.21. The maximum Gasteiger partial charge on any atom is 0.490 e. The van der Waals surface area contributed by atoms with Crippen LogP contribution in [0, 0.1) is 0 Å². The molecule has 0 aliphatic carbocycles. The number of alkyl halides is 3. The number of aliphatic carboxylic acids is 1. The molecular formula is C11H8F3NO3. The van der Waals surface area contributed by atoms with Crippen molar-refractivity contribution in [1.82, 2.24) is 4.98 Å². The molecule has 2 rings (SSSR count). The van der Waals surface area contributed by atoms with Gasteiger partial charge < -0.3 is 10.1 Å². The molecule has 0 spiro atoms. The van der Waals surface area contributed by atoms with E-state index in [1.54, 1.807) is 0 Å². The number of H-pyrrole nitrogens is 1. The third-order valence-corrected chi connectivity index (χ3v) is 1.92. The van der Waals surface area contributed by atoms with Crippen LogP contribution < -0.4 is 0 Å². The summed E-state index contributed by atoms with van der Waals surface area (Å²) >= 11 is 0. The lowest BCUT2D eigenvalue weighted by molar-refractivity contribution is -0.192. The van der Waals surface area contributed by atoms with E-state index in [2.05, 4.69) is 4.98 Å². The van der Waals surface area contributed by atoms with E-state index in [9.17, 15) is 18.0 Å². The number of nitrogens with one attached hydrogen (secondary N) is 1. The van der Waals surface area contributed by atoms with E-state index >= 15 is 0 Å². The van der Waals surface area contributed by atoms with Crippen LogP contribution in [0.2, 0.25) is 0 Å². The van der Waals surface area contributed by atoms with Gasteiger partial charge in [0.15, 0.2) is 6.29 Å². The van der Waals surface area contributed by atoms with E-state index in [1.807, 2.05) is 30.3 Å². The number of carboxylic acids is 1. The van der Waals surface area contributed by atoms with Gasteiger partial charge >= 0.3 is 12.1 Å². The first-order chi connectivity index (χ1) is 8.34. The summed E-state index contributed by atoms with van der Waals surface area (Å²) in [6, 6.07) is 9.64. The van der Waals surface area contributed by atoms with E-state index in [0.717, 1.165) is 17.2 Å². The maximum atomic E-state index is 10.6. The second-order valence-electron chi connectivity index (χ2n) is 3.23. The van der Waals surface area contributed by atoms with E-state index in [0.29, 0.717) is 5.69 Å². The van der Waals surface area contributed by atoms with Gasteiger partial charge in [0.05, 0.1) is 5.69 Å². The average Bonchev–Trinajstić information content (AvgIpc) is 2.71. The number of rotatable bonds is 1. The second-order valence-corrected chi connectivity index (χ2v) is 3.23. The highest BCUT2D eigenvalue weighted by molar-refractivity contribution is 5.87. The van der Waals surface area contributed by atoms with Gasteiger partial charge in [0.1, 0.15) is 0 Å². The van der Waals surface area contributed by atoms with Crippen molar-refractivity contribution in [3.8, 4) is 0 Å². The Morgan fingerprint density at radius 3 is 2.28 bits per heavy atom. The number of carbonyl (C=O) groups is 2. The molecule has 0 saturated heterocycles. The van der Waals surface area contributed by atoms with Gasteiger partial charge in [0.2, 0.25) is 0 Å². The van der Waals surface area contributed by atoms with Crippen molar-refractivity contribution in [3.63, 3.8) is 0 Å². The molecule has 1 aromatic carbocycles. The summed E-state index contributed by atoms with van der Waals surface area (Å²) < 4.78 is 31.7. The molecule has 1 aromatic heterocycles. The number of aldehydes is 1. The summed E-state index contributed by atoms with van der Waals surface area (Å²) in [6.45, 7) is 0. The van der Waals surface area contributed by atoms with Crippen molar-refractivity contribution in [2.75, 3.05) is 0 Å². The Balaban J connectivity index is 0.000000203. The van der Waals surface area contributed by atoms with Gasteiger partial charge in [0, 0.05) is 10.9 Å². The first kappa shape index (κ1) is 13.8. The minimum atomic E-state index is -5.08. The van der Waals surface area contributed by atoms with Crippen molar-refractivity contribution in [2.24, 2.45) is 0 Å². The van der Waals surface area contributed by atoms with Crippen LogP contribution in [0.3, 0.4) is 0 Å². The number of halogens is 3. The molecule has 2 N–H and O–H groups in total. The van der Waals surface area contributed by atoms with Crippen molar-refractivity contribution in [1.29, 1.82) is 0 Å². The normalized spacial score (nSPS) is 10.6. The highest BCUT2D eigenvalue weighted by atomic mass is 19.4. The molecule has 0 bridgehead atoms. The Labute approximate surface area is 99.0 Å². The quantitative estimate of drug-likeness (QED) is 0.773. The predicted octanol–water partition coefficient (Wildman–Crippen LogP) is 2.61. The zero-order valence-electron chi connectivity index (χ0n) is 8.86. The number of benzene rings is 1. The summed E-state index contributed by atoms with van der Waals surface area (Å²) in [7, 11) is 0. The zero-order valence-corrected chi connectivity index (χ0v) is 8.86. The van der Waals surface area contributed by atoms with Gasteiger partial charge in [0.25, 0.3) is 0 Å². The van der Waals surface area contributed by atoms with Crippen molar-refractivity contribution < 1.29 is 27.9 Å². The minimum absolute atomic E-state index is 0.631. The highest BCUT2D eigenvalue weighted by Crippen LogP contribution is 2.13. The smallest absolute Gasteiger partial charge is 0.475 e. The van der Waals surface area contributed by atoms with Crippen LogP contribution >= 0.6 is 0 Å². The third kappa shape index (κ3) is 3.62. The van der Waals surface area contributed by atoms with Crippen LogP contribution in [0.5, 0.6) is 0 Å². The van der Waals surface area contributed by atoms with Gasteiger partial charge in [-0.25, -0.2) is 4.79 Å². The molecular weight excluding hydrogens is 251 g/mol. The monoisotopic (exact) mass is 259 g/mol. The number of para-hydroxylation sites is 1. The third-order valence-electron chi connectivity index (χ3n) is 1.92. The summed E-state index contributed by atoms with van der Waals surface area (Å²) in [5.74, 6) is -2.76. The van der Waals surface area contributed by atoms with Crippen LogP contribution in [0.15, 0.2) is 30.3 Å². The molecule has 0 aliphatic rings. The topological polar surface area (TPSA) is 70.2 Å². The SMILES string of the molecule is O=C(O)C(F)(F)F.O=Cc1cc2ccccc2[nH]1. The Morgan fingerprint density at radius 2 is 1.83 bits per heavy atom. The summed E-state index contributed by atoms with van der Waals surface area (Å²) in [6.07, 6.45) is -4.26. The van der Waals surface area contributed by atoms with E-state index in [4.69, 9.17) is 9.90 Å². The molecule has 18 heavy (non-hydrogen) atoms. The summed E-state index contributed by atoms with van der Waals surface area (Å²) in [4.78, 5) is 22.2. The molecule has 7 heteroatoms. The molecule has 0 radical (unpaired) electrons.